The molecule has 0 bridgehead atoms. The third-order valence-electron chi connectivity index (χ3n) is 1.94. The summed E-state index contributed by atoms with van der Waals surface area (Å²) in [5.41, 5.74) is 0. The summed E-state index contributed by atoms with van der Waals surface area (Å²) in [6, 6.07) is 0. The van der Waals surface area contributed by atoms with Gasteiger partial charge in [0.25, 0.3) is 0 Å². The quantitative estimate of drug-likeness (QED) is 0.478. The predicted molar refractivity (Wildman–Crippen MR) is 36.6 cm³/mol. The van der Waals surface area contributed by atoms with Gasteiger partial charge in [0.15, 0.2) is 0 Å². The van der Waals surface area contributed by atoms with Gasteiger partial charge in [-0.2, -0.15) is 0 Å². The number of ether oxygens (including phenoxy) is 1. The fourth-order valence-corrected chi connectivity index (χ4v) is 0.880. The number of hydrogen-bond donors (Lipinski definition) is 0. The highest BCUT2D eigenvalue weighted by Gasteiger charge is 2.14. The van der Waals surface area contributed by atoms with Gasteiger partial charge in [-0.3, -0.25) is 4.99 Å². The number of rotatable bonds is 0. The van der Waals surface area contributed by atoms with Crippen molar-refractivity contribution < 1.29 is 9.84 Å². The standard InChI is InChI=1S/C7H13NO2/c1-5-3-10-4-8-7(9)6(5)2/h5-6H,3-4H2,1-2H3,(H,8,9)/p-1. The molecule has 3 nitrogen and oxygen atoms in total. The van der Waals surface area contributed by atoms with Crippen LogP contribution in [-0.4, -0.2) is 19.2 Å². The summed E-state index contributed by atoms with van der Waals surface area (Å²) in [6.45, 7) is 4.79. The summed E-state index contributed by atoms with van der Waals surface area (Å²) in [5.74, 6) is 0.311. The van der Waals surface area contributed by atoms with Crippen LogP contribution >= 0.6 is 0 Å². The Balaban J connectivity index is 2.62. The van der Waals surface area contributed by atoms with Crippen LogP contribution in [0.15, 0.2) is 4.99 Å². The van der Waals surface area contributed by atoms with Crippen molar-refractivity contribution in [3.8, 4) is 0 Å². The predicted octanol–water partition coefficient (Wildman–Crippen LogP) is 0.00510. The summed E-state index contributed by atoms with van der Waals surface area (Å²) in [5, 5.41) is 11.0. The second-order valence-electron chi connectivity index (χ2n) is 2.76. The molecule has 1 aliphatic heterocycles. The lowest BCUT2D eigenvalue weighted by Crippen LogP contribution is -2.30. The van der Waals surface area contributed by atoms with Crippen LogP contribution in [0.4, 0.5) is 0 Å². The zero-order valence-corrected chi connectivity index (χ0v) is 6.33. The molecule has 0 aromatic heterocycles. The first kappa shape index (κ1) is 7.54. The molecule has 0 aromatic carbocycles. The van der Waals surface area contributed by atoms with Crippen LogP contribution in [-0.2, 0) is 4.74 Å². The van der Waals surface area contributed by atoms with Crippen molar-refractivity contribution in [3.05, 3.63) is 0 Å². The Morgan fingerprint density at radius 1 is 1.60 bits per heavy atom. The maximum absolute atomic E-state index is 11.0. The molecule has 0 amide bonds. The van der Waals surface area contributed by atoms with E-state index >= 15 is 0 Å². The smallest absolute Gasteiger partial charge is 0.136 e. The van der Waals surface area contributed by atoms with Crippen molar-refractivity contribution in [1.82, 2.24) is 0 Å². The van der Waals surface area contributed by atoms with E-state index < -0.39 is 0 Å². The zero-order valence-electron chi connectivity index (χ0n) is 6.33. The van der Waals surface area contributed by atoms with Gasteiger partial charge in [-0.05, 0) is 17.7 Å². The van der Waals surface area contributed by atoms with Gasteiger partial charge >= 0.3 is 0 Å². The van der Waals surface area contributed by atoms with Gasteiger partial charge in [0.1, 0.15) is 6.73 Å². The first-order chi connectivity index (χ1) is 4.72. The summed E-state index contributed by atoms with van der Waals surface area (Å²) in [4.78, 5) is 3.69. The molecule has 0 saturated carbocycles. The van der Waals surface area contributed by atoms with Crippen molar-refractivity contribution in [1.29, 1.82) is 0 Å². The molecule has 0 N–H and O–H groups in total. The Labute approximate surface area is 60.7 Å². The van der Waals surface area contributed by atoms with E-state index in [4.69, 9.17) is 4.74 Å². The van der Waals surface area contributed by atoms with E-state index in [0.717, 1.165) is 0 Å². The number of hydrogen-bond acceptors (Lipinski definition) is 3. The Morgan fingerprint density at radius 3 is 3.00 bits per heavy atom. The Hall–Kier alpha value is -0.570. The highest BCUT2D eigenvalue weighted by Crippen LogP contribution is 2.13. The van der Waals surface area contributed by atoms with Crippen LogP contribution in [0, 0.1) is 11.8 Å². The maximum atomic E-state index is 11.0. The highest BCUT2D eigenvalue weighted by atomic mass is 16.5. The third kappa shape index (κ3) is 1.48. The normalized spacial score (nSPS) is 34.8. The van der Waals surface area contributed by atoms with Gasteiger partial charge in [0.05, 0.1) is 6.61 Å². The van der Waals surface area contributed by atoms with Gasteiger partial charge in [0.2, 0.25) is 0 Å². The van der Waals surface area contributed by atoms with Crippen molar-refractivity contribution in [2.45, 2.75) is 13.8 Å². The van der Waals surface area contributed by atoms with E-state index in [1.54, 1.807) is 0 Å². The Kier molecular flexibility index (Phi) is 2.27. The molecule has 2 atom stereocenters. The topological polar surface area (TPSA) is 44.6 Å². The van der Waals surface area contributed by atoms with E-state index in [9.17, 15) is 5.11 Å². The van der Waals surface area contributed by atoms with Crippen LogP contribution in [0.25, 0.3) is 0 Å². The number of nitrogens with zero attached hydrogens (tertiary/aromatic N) is 1. The minimum Gasteiger partial charge on any atom is -0.862 e. The lowest BCUT2D eigenvalue weighted by atomic mass is 9.97. The summed E-state index contributed by atoms with van der Waals surface area (Å²) >= 11 is 0. The monoisotopic (exact) mass is 142 g/mol. The second-order valence-corrected chi connectivity index (χ2v) is 2.76. The van der Waals surface area contributed by atoms with E-state index in [1.165, 1.54) is 0 Å². The van der Waals surface area contributed by atoms with E-state index in [-0.39, 0.29) is 18.5 Å². The van der Waals surface area contributed by atoms with Crippen LogP contribution in [0.3, 0.4) is 0 Å². The molecule has 1 rings (SSSR count). The molecule has 1 heterocycles. The maximum Gasteiger partial charge on any atom is 0.136 e. The minimum atomic E-state index is -0.0231. The molecule has 0 radical (unpaired) electrons. The summed E-state index contributed by atoms with van der Waals surface area (Å²) < 4.78 is 5.06. The first-order valence-corrected chi connectivity index (χ1v) is 3.51. The molecule has 2 unspecified atom stereocenters. The number of aliphatic imine (C=N–C) groups is 1. The van der Waals surface area contributed by atoms with E-state index in [2.05, 4.69) is 4.99 Å². The third-order valence-corrected chi connectivity index (χ3v) is 1.94. The molecule has 10 heavy (non-hydrogen) atoms. The fraction of sp³-hybridized carbons (Fsp3) is 0.857. The van der Waals surface area contributed by atoms with E-state index in [1.807, 2.05) is 13.8 Å². The molecule has 0 spiro atoms. The molecular formula is C7H12NO2-. The van der Waals surface area contributed by atoms with Crippen LogP contribution < -0.4 is 5.11 Å². The average molecular weight is 142 g/mol. The van der Waals surface area contributed by atoms with Crippen LogP contribution in [0.5, 0.6) is 0 Å². The van der Waals surface area contributed by atoms with Gasteiger partial charge in [-0.25, -0.2) is 0 Å². The van der Waals surface area contributed by atoms with Crippen LogP contribution in [0.2, 0.25) is 0 Å². The van der Waals surface area contributed by atoms with Crippen molar-refractivity contribution in [2.24, 2.45) is 16.8 Å². The molecular weight excluding hydrogens is 130 g/mol. The lowest BCUT2D eigenvalue weighted by molar-refractivity contribution is -0.224. The zero-order chi connectivity index (χ0) is 7.56. The molecule has 0 aliphatic carbocycles. The minimum absolute atomic E-state index is 0.0231. The molecule has 58 valence electrons. The van der Waals surface area contributed by atoms with Gasteiger partial charge in [-0.1, -0.05) is 13.8 Å². The van der Waals surface area contributed by atoms with Crippen molar-refractivity contribution >= 4 is 5.90 Å². The summed E-state index contributed by atoms with van der Waals surface area (Å²) in [6.07, 6.45) is 0. The molecule has 0 fully saturated rings. The second kappa shape index (κ2) is 3.01. The average Bonchev–Trinajstić information content (AvgIpc) is 2.04. The molecule has 0 saturated heterocycles. The Morgan fingerprint density at radius 2 is 2.30 bits per heavy atom. The Bertz CT molecular complexity index is 145. The fourth-order valence-electron chi connectivity index (χ4n) is 0.880. The molecule has 0 aromatic rings. The first-order valence-electron chi connectivity index (χ1n) is 3.51. The highest BCUT2D eigenvalue weighted by molar-refractivity contribution is 5.74. The largest absolute Gasteiger partial charge is 0.862 e. The van der Waals surface area contributed by atoms with Gasteiger partial charge < -0.3 is 9.84 Å². The van der Waals surface area contributed by atoms with Crippen LogP contribution in [0.1, 0.15) is 13.8 Å². The lowest BCUT2D eigenvalue weighted by Gasteiger charge is -2.21. The summed E-state index contributed by atoms with van der Waals surface area (Å²) in [7, 11) is 0. The van der Waals surface area contributed by atoms with Gasteiger partial charge in [-0.15, -0.1) is 0 Å². The van der Waals surface area contributed by atoms with Crippen molar-refractivity contribution in [3.63, 3.8) is 0 Å². The molecule has 1 aliphatic rings. The van der Waals surface area contributed by atoms with Crippen molar-refractivity contribution in [2.75, 3.05) is 13.3 Å². The van der Waals surface area contributed by atoms with E-state index in [0.29, 0.717) is 12.5 Å². The van der Waals surface area contributed by atoms with Gasteiger partial charge in [0, 0.05) is 0 Å². The molecule has 3 heteroatoms. The SMILES string of the molecule is CC1COCN=C([O-])C1C.